The standard InChI is InChI=1S/C18H24N2O3S/c1-2-13-19-14-12-18-23-17-11-7-6-10-16(17)20(24(18,21)22)15-8-4-3-5-9-15/h3-11,18-19,21-22H,2,12-14H2,1H3. The smallest absolute Gasteiger partial charge is 0.207 e. The maximum absolute atomic E-state index is 11.0. The number of hydrogen-bond donors (Lipinski definition) is 3. The zero-order chi connectivity index (χ0) is 17.0. The number of ether oxygens (including phenoxy) is 1. The lowest BCUT2D eigenvalue weighted by atomic mass is 10.2. The van der Waals surface area contributed by atoms with Gasteiger partial charge in [0, 0.05) is 13.0 Å². The number of para-hydroxylation sites is 3. The Bertz CT molecular complexity index is 666. The molecule has 0 saturated carbocycles. The number of fused-ring (bicyclic) bond motifs is 1. The van der Waals surface area contributed by atoms with Crippen LogP contribution in [0.4, 0.5) is 11.4 Å². The summed E-state index contributed by atoms with van der Waals surface area (Å²) in [6, 6.07) is 16.9. The lowest BCUT2D eigenvalue weighted by Gasteiger charge is -2.51. The maximum Gasteiger partial charge on any atom is 0.207 e. The molecule has 1 aliphatic rings. The SMILES string of the molecule is CCCNCCC1Oc2ccccc2N(c2ccccc2)S1(O)O. The highest BCUT2D eigenvalue weighted by atomic mass is 32.3. The van der Waals surface area contributed by atoms with Crippen molar-refractivity contribution in [2.24, 2.45) is 0 Å². The molecule has 0 spiro atoms. The highest BCUT2D eigenvalue weighted by Gasteiger charge is 2.40. The summed E-state index contributed by atoms with van der Waals surface area (Å²) >= 11 is 0. The molecule has 1 unspecified atom stereocenters. The third-order valence-electron chi connectivity index (χ3n) is 3.94. The Kier molecular flexibility index (Phi) is 5.30. The van der Waals surface area contributed by atoms with Crippen molar-refractivity contribution in [3.05, 3.63) is 54.6 Å². The number of nitrogens with zero attached hydrogens (tertiary/aromatic N) is 1. The van der Waals surface area contributed by atoms with Crippen molar-refractivity contribution in [2.75, 3.05) is 17.4 Å². The minimum absolute atomic E-state index is 0.528. The van der Waals surface area contributed by atoms with Crippen molar-refractivity contribution in [3.8, 4) is 5.75 Å². The predicted molar refractivity (Wildman–Crippen MR) is 100 cm³/mol. The van der Waals surface area contributed by atoms with E-state index in [0.29, 0.717) is 24.4 Å². The molecule has 0 bridgehead atoms. The molecule has 0 aromatic heterocycles. The highest BCUT2D eigenvalue weighted by Crippen LogP contribution is 2.61. The van der Waals surface area contributed by atoms with Crippen LogP contribution in [0.5, 0.6) is 5.75 Å². The van der Waals surface area contributed by atoms with Gasteiger partial charge in [0.15, 0.2) is 0 Å². The Balaban J connectivity index is 1.93. The molecular weight excluding hydrogens is 324 g/mol. The van der Waals surface area contributed by atoms with E-state index in [9.17, 15) is 9.11 Å². The van der Waals surface area contributed by atoms with Crippen LogP contribution in [0.3, 0.4) is 0 Å². The minimum atomic E-state index is -3.15. The third kappa shape index (κ3) is 3.37. The van der Waals surface area contributed by atoms with Crippen LogP contribution < -0.4 is 14.4 Å². The molecule has 2 aromatic rings. The molecule has 1 atom stereocenters. The fraction of sp³-hybridized carbons (Fsp3) is 0.333. The van der Waals surface area contributed by atoms with Gasteiger partial charge in [-0.15, -0.1) is 0 Å². The Morgan fingerprint density at radius 2 is 1.75 bits per heavy atom. The van der Waals surface area contributed by atoms with E-state index in [1.165, 1.54) is 0 Å². The molecule has 5 nitrogen and oxygen atoms in total. The molecule has 3 rings (SSSR count). The van der Waals surface area contributed by atoms with Crippen molar-refractivity contribution in [2.45, 2.75) is 25.2 Å². The van der Waals surface area contributed by atoms with Crippen LogP contribution in [0.1, 0.15) is 19.8 Å². The van der Waals surface area contributed by atoms with Gasteiger partial charge in [0.05, 0.1) is 5.69 Å². The summed E-state index contributed by atoms with van der Waals surface area (Å²) in [5, 5.41) is 3.29. The van der Waals surface area contributed by atoms with Crippen LogP contribution in [0.15, 0.2) is 54.6 Å². The molecule has 1 heterocycles. The molecule has 0 fully saturated rings. The van der Waals surface area contributed by atoms with Crippen molar-refractivity contribution in [1.82, 2.24) is 5.32 Å². The maximum atomic E-state index is 11.0. The molecular formula is C18H24N2O3S. The number of hydrogen-bond acceptors (Lipinski definition) is 5. The summed E-state index contributed by atoms with van der Waals surface area (Å²) < 4.78 is 29.5. The van der Waals surface area contributed by atoms with E-state index in [0.717, 1.165) is 18.7 Å². The Hall–Kier alpha value is -1.73. The van der Waals surface area contributed by atoms with Gasteiger partial charge in [0.2, 0.25) is 5.44 Å². The lowest BCUT2D eigenvalue weighted by molar-refractivity contribution is 0.237. The molecule has 2 aromatic carbocycles. The second-order valence-corrected chi connectivity index (χ2v) is 7.76. The summed E-state index contributed by atoms with van der Waals surface area (Å²) in [5.74, 6) is 0.674. The van der Waals surface area contributed by atoms with Gasteiger partial charge in [-0.2, -0.15) is 0 Å². The van der Waals surface area contributed by atoms with Crippen molar-refractivity contribution in [1.29, 1.82) is 0 Å². The Labute approximate surface area is 144 Å². The molecule has 0 aliphatic carbocycles. The average Bonchev–Trinajstić information content (AvgIpc) is 2.59. The van der Waals surface area contributed by atoms with E-state index >= 15 is 0 Å². The second-order valence-electron chi connectivity index (χ2n) is 5.74. The number of nitrogens with one attached hydrogen (secondary N) is 1. The van der Waals surface area contributed by atoms with Gasteiger partial charge >= 0.3 is 0 Å². The van der Waals surface area contributed by atoms with E-state index in [4.69, 9.17) is 4.74 Å². The van der Waals surface area contributed by atoms with E-state index in [-0.39, 0.29) is 0 Å². The Morgan fingerprint density at radius 1 is 1.04 bits per heavy atom. The summed E-state index contributed by atoms with van der Waals surface area (Å²) in [7, 11) is -3.15. The first-order valence-electron chi connectivity index (χ1n) is 8.23. The highest BCUT2D eigenvalue weighted by molar-refractivity contribution is 8.26. The van der Waals surface area contributed by atoms with Gasteiger partial charge in [-0.05, 0) is 37.2 Å². The molecule has 0 radical (unpaired) electrons. The monoisotopic (exact) mass is 348 g/mol. The molecule has 130 valence electrons. The summed E-state index contributed by atoms with van der Waals surface area (Å²) in [6.07, 6.45) is 1.57. The van der Waals surface area contributed by atoms with Gasteiger partial charge in [-0.25, -0.2) is 4.31 Å². The summed E-state index contributed by atoms with van der Waals surface area (Å²) in [4.78, 5) is 0. The minimum Gasteiger partial charge on any atom is -0.466 e. The van der Waals surface area contributed by atoms with Gasteiger partial charge in [-0.3, -0.25) is 9.11 Å². The van der Waals surface area contributed by atoms with Crippen molar-refractivity contribution >= 4 is 22.2 Å². The van der Waals surface area contributed by atoms with Crippen LogP contribution in [-0.4, -0.2) is 27.6 Å². The molecule has 24 heavy (non-hydrogen) atoms. The first kappa shape index (κ1) is 17.1. The first-order chi connectivity index (χ1) is 11.6. The van der Waals surface area contributed by atoms with Crippen LogP contribution in [-0.2, 0) is 0 Å². The predicted octanol–water partition coefficient (Wildman–Crippen LogP) is 4.60. The van der Waals surface area contributed by atoms with Crippen LogP contribution >= 0.6 is 10.8 Å². The molecule has 1 aliphatic heterocycles. The van der Waals surface area contributed by atoms with E-state index in [1.807, 2.05) is 54.6 Å². The lowest BCUT2D eigenvalue weighted by Crippen LogP contribution is -2.40. The first-order valence-corrected chi connectivity index (χ1v) is 9.80. The molecule has 3 N–H and O–H groups in total. The summed E-state index contributed by atoms with van der Waals surface area (Å²) in [5.41, 5.74) is 0.762. The van der Waals surface area contributed by atoms with Gasteiger partial charge in [-0.1, -0.05) is 48.0 Å². The average molecular weight is 348 g/mol. The zero-order valence-corrected chi connectivity index (χ0v) is 14.6. The van der Waals surface area contributed by atoms with E-state index in [2.05, 4.69) is 12.2 Å². The molecule has 0 amide bonds. The van der Waals surface area contributed by atoms with E-state index < -0.39 is 16.2 Å². The third-order valence-corrected chi connectivity index (χ3v) is 5.92. The molecule has 0 saturated heterocycles. The van der Waals surface area contributed by atoms with Gasteiger partial charge < -0.3 is 10.1 Å². The van der Waals surface area contributed by atoms with Crippen LogP contribution in [0.2, 0.25) is 0 Å². The van der Waals surface area contributed by atoms with Crippen molar-refractivity contribution < 1.29 is 13.8 Å². The van der Waals surface area contributed by atoms with Gasteiger partial charge in [0.25, 0.3) is 0 Å². The normalized spacial score (nSPS) is 20.1. The van der Waals surface area contributed by atoms with Gasteiger partial charge in [0.1, 0.15) is 11.4 Å². The largest absolute Gasteiger partial charge is 0.466 e. The molecule has 6 heteroatoms. The van der Waals surface area contributed by atoms with Crippen LogP contribution in [0, 0.1) is 0 Å². The fourth-order valence-corrected chi connectivity index (χ4v) is 4.56. The number of anilines is 2. The Morgan fingerprint density at radius 3 is 2.50 bits per heavy atom. The number of benzene rings is 2. The summed E-state index contributed by atoms with van der Waals surface area (Å²) in [6.45, 7) is 3.69. The quantitative estimate of drug-likeness (QED) is 0.666. The second kappa shape index (κ2) is 7.44. The van der Waals surface area contributed by atoms with Crippen molar-refractivity contribution in [3.63, 3.8) is 0 Å². The number of rotatable bonds is 6. The van der Waals surface area contributed by atoms with Crippen LogP contribution in [0.25, 0.3) is 0 Å². The van der Waals surface area contributed by atoms with E-state index in [1.54, 1.807) is 4.31 Å². The fourth-order valence-electron chi connectivity index (χ4n) is 2.79. The zero-order valence-electron chi connectivity index (χ0n) is 13.8. The topological polar surface area (TPSA) is 65.0 Å².